The summed E-state index contributed by atoms with van der Waals surface area (Å²) in [5.74, 6) is 0.291. The van der Waals surface area contributed by atoms with Crippen molar-refractivity contribution in [2.45, 2.75) is 0 Å². The fourth-order valence-electron chi connectivity index (χ4n) is 3.99. The van der Waals surface area contributed by atoms with E-state index in [0.717, 1.165) is 16.6 Å². The number of furan rings is 1. The lowest BCUT2D eigenvalue weighted by Crippen LogP contribution is -2.13. The number of imidazole rings is 1. The van der Waals surface area contributed by atoms with Gasteiger partial charge in [-0.3, -0.25) is 9.78 Å². The average Bonchev–Trinajstić information content (AvgIpc) is 3.52. The molecule has 0 spiro atoms. The van der Waals surface area contributed by atoms with Crippen LogP contribution >= 0.6 is 0 Å². The van der Waals surface area contributed by atoms with Crippen molar-refractivity contribution in [3.8, 4) is 22.6 Å². The smallest absolute Gasteiger partial charge is 0.323 e. The monoisotopic (exact) mass is 447 g/mol. The van der Waals surface area contributed by atoms with E-state index in [1.165, 1.54) is 0 Å². The summed E-state index contributed by atoms with van der Waals surface area (Å²) < 4.78 is 5.52. The van der Waals surface area contributed by atoms with Crippen LogP contribution in [0.1, 0.15) is 10.4 Å². The molecule has 0 aliphatic heterocycles. The van der Waals surface area contributed by atoms with Crippen molar-refractivity contribution in [3.63, 3.8) is 0 Å². The highest BCUT2D eigenvalue weighted by molar-refractivity contribution is 6.13. The summed E-state index contributed by atoms with van der Waals surface area (Å²) in [6.07, 6.45) is 4.81. The number of hydrogen-bond donors (Lipinski definition) is 3. The average molecular weight is 447 g/mol. The third kappa shape index (κ3) is 3.53. The zero-order chi connectivity index (χ0) is 23.1. The first-order valence-electron chi connectivity index (χ1n) is 10.6. The molecule has 4 aromatic heterocycles. The van der Waals surface area contributed by atoms with Crippen molar-refractivity contribution in [2.75, 3.05) is 5.32 Å². The van der Waals surface area contributed by atoms with Gasteiger partial charge in [-0.15, -0.1) is 0 Å². The maximum atomic E-state index is 13.3. The lowest BCUT2D eigenvalue weighted by atomic mass is 9.99. The van der Waals surface area contributed by atoms with E-state index in [0.29, 0.717) is 39.1 Å². The molecule has 0 atom stereocenters. The number of pyridine rings is 2. The zero-order valence-corrected chi connectivity index (χ0v) is 17.7. The van der Waals surface area contributed by atoms with E-state index < -0.39 is 0 Å². The molecule has 164 valence electrons. The van der Waals surface area contributed by atoms with E-state index in [4.69, 9.17) is 9.40 Å². The minimum atomic E-state index is -0.282. The Labute approximate surface area is 192 Å². The summed E-state index contributed by atoms with van der Waals surface area (Å²) in [7, 11) is 0. The van der Waals surface area contributed by atoms with Crippen LogP contribution in [0, 0.1) is 0 Å². The minimum absolute atomic E-state index is 0.255. The molecule has 0 bridgehead atoms. The Morgan fingerprint density at radius 2 is 1.76 bits per heavy atom. The van der Waals surface area contributed by atoms with Crippen LogP contribution in [0.25, 0.3) is 44.5 Å². The molecule has 8 heteroatoms. The van der Waals surface area contributed by atoms with E-state index in [1.807, 2.05) is 36.4 Å². The van der Waals surface area contributed by atoms with E-state index in [9.17, 15) is 9.59 Å². The number of anilines is 1. The van der Waals surface area contributed by atoms with Crippen LogP contribution < -0.4 is 11.0 Å². The van der Waals surface area contributed by atoms with Crippen molar-refractivity contribution in [1.82, 2.24) is 19.9 Å². The summed E-state index contributed by atoms with van der Waals surface area (Å²) >= 11 is 0. The second kappa shape index (κ2) is 7.86. The van der Waals surface area contributed by atoms with Crippen LogP contribution in [0.15, 0.2) is 94.6 Å². The van der Waals surface area contributed by atoms with Gasteiger partial charge >= 0.3 is 5.69 Å². The third-order valence-electron chi connectivity index (χ3n) is 5.60. The summed E-state index contributed by atoms with van der Waals surface area (Å²) in [6.45, 7) is 0. The van der Waals surface area contributed by atoms with Crippen molar-refractivity contribution >= 4 is 33.5 Å². The second-order valence-corrected chi connectivity index (χ2v) is 7.80. The number of nitrogens with zero attached hydrogens (tertiary/aromatic N) is 2. The van der Waals surface area contributed by atoms with Crippen molar-refractivity contribution < 1.29 is 9.21 Å². The molecule has 1 amide bonds. The Morgan fingerprint density at radius 3 is 2.59 bits per heavy atom. The van der Waals surface area contributed by atoms with Gasteiger partial charge in [-0.1, -0.05) is 12.1 Å². The number of fused-ring (bicyclic) bond motifs is 2. The number of benzene rings is 2. The van der Waals surface area contributed by atoms with E-state index in [1.54, 1.807) is 49.0 Å². The molecule has 3 N–H and O–H groups in total. The van der Waals surface area contributed by atoms with E-state index in [2.05, 4.69) is 20.3 Å². The van der Waals surface area contributed by atoms with Gasteiger partial charge in [0.1, 0.15) is 5.69 Å². The number of amides is 1. The van der Waals surface area contributed by atoms with Crippen LogP contribution in [-0.2, 0) is 0 Å². The van der Waals surface area contributed by atoms with Gasteiger partial charge in [-0.2, -0.15) is 0 Å². The van der Waals surface area contributed by atoms with Gasteiger partial charge in [0, 0.05) is 11.6 Å². The molecule has 0 fully saturated rings. The quantitative estimate of drug-likeness (QED) is 0.352. The molecule has 6 aromatic rings. The number of carbonyl (C=O) groups is 1. The van der Waals surface area contributed by atoms with Crippen LogP contribution in [0.2, 0.25) is 0 Å². The van der Waals surface area contributed by atoms with Gasteiger partial charge in [-0.25, -0.2) is 9.78 Å². The summed E-state index contributed by atoms with van der Waals surface area (Å²) in [5, 5.41) is 3.60. The lowest BCUT2D eigenvalue weighted by Gasteiger charge is -2.11. The maximum Gasteiger partial charge on any atom is 0.323 e. The number of hydrogen-bond acceptors (Lipinski definition) is 5. The van der Waals surface area contributed by atoms with Gasteiger partial charge in [0.15, 0.2) is 5.76 Å². The molecular formula is C26H17N5O3. The molecule has 8 nitrogen and oxygen atoms in total. The molecule has 4 heterocycles. The van der Waals surface area contributed by atoms with E-state index in [-0.39, 0.29) is 11.6 Å². The van der Waals surface area contributed by atoms with Gasteiger partial charge in [-0.05, 0) is 65.7 Å². The number of rotatable bonds is 4. The Morgan fingerprint density at radius 1 is 0.912 bits per heavy atom. The van der Waals surface area contributed by atoms with Crippen LogP contribution in [-0.4, -0.2) is 25.8 Å². The van der Waals surface area contributed by atoms with Crippen molar-refractivity contribution in [3.05, 3.63) is 101 Å². The van der Waals surface area contributed by atoms with Crippen molar-refractivity contribution in [1.29, 1.82) is 0 Å². The minimum Gasteiger partial charge on any atom is -0.463 e. The Kier molecular flexibility index (Phi) is 4.55. The highest BCUT2D eigenvalue weighted by Gasteiger charge is 2.17. The number of carbonyl (C=O) groups excluding carboxylic acids is 1. The number of H-pyrrole nitrogens is 2. The molecule has 0 aliphatic carbocycles. The lowest BCUT2D eigenvalue weighted by molar-refractivity contribution is 0.102. The molecular weight excluding hydrogens is 430 g/mol. The fraction of sp³-hybridized carbons (Fsp3) is 0. The van der Waals surface area contributed by atoms with Gasteiger partial charge < -0.3 is 19.7 Å². The Bertz CT molecular complexity index is 1720. The second-order valence-electron chi connectivity index (χ2n) is 7.80. The Hall–Kier alpha value is -4.98. The molecule has 0 radical (unpaired) electrons. The predicted octanol–water partition coefficient (Wildman–Crippen LogP) is 4.98. The first-order chi connectivity index (χ1) is 16.6. The van der Waals surface area contributed by atoms with Gasteiger partial charge in [0.2, 0.25) is 0 Å². The number of aromatic amines is 2. The van der Waals surface area contributed by atoms with Gasteiger partial charge in [0.25, 0.3) is 5.91 Å². The largest absolute Gasteiger partial charge is 0.463 e. The van der Waals surface area contributed by atoms with Crippen LogP contribution in [0.5, 0.6) is 0 Å². The SMILES string of the molecule is O=C(Nc1cccnc1)c1cc(-c2ccco2)nc2ccc(-c3ccc4[nH]c(=O)[nH]c4c3)cc12. The van der Waals surface area contributed by atoms with E-state index >= 15 is 0 Å². The molecule has 0 aliphatic rings. The normalized spacial score (nSPS) is 11.2. The molecule has 0 saturated heterocycles. The molecule has 6 rings (SSSR count). The molecule has 0 saturated carbocycles. The predicted molar refractivity (Wildman–Crippen MR) is 130 cm³/mol. The molecule has 34 heavy (non-hydrogen) atoms. The number of aromatic nitrogens is 4. The topological polar surface area (TPSA) is 117 Å². The fourth-order valence-corrected chi connectivity index (χ4v) is 3.99. The van der Waals surface area contributed by atoms with Crippen LogP contribution in [0.4, 0.5) is 5.69 Å². The van der Waals surface area contributed by atoms with Crippen molar-refractivity contribution in [2.24, 2.45) is 0 Å². The standard InChI is InChI=1S/C26H17N5O3/c32-25(28-17-3-1-9-27-14-17)19-13-23(24-4-2-10-34-24)29-20-7-5-15(11-18(19)20)16-6-8-21-22(12-16)31-26(33)30-21/h1-14H,(H,28,32)(H2,30,31,33). The van der Waals surface area contributed by atoms with Gasteiger partial charge in [0.05, 0.1) is 40.3 Å². The first kappa shape index (κ1) is 19.7. The number of nitrogens with one attached hydrogen (secondary N) is 3. The summed E-state index contributed by atoms with van der Waals surface area (Å²) in [4.78, 5) is 39.3. The highest BCUT2D eigenvalue weighted by atomic mass is 16.3. The molecule has 2 aromatic carbocycles. The zero-order valence-electron chi connectivity index (χ0n) is 17.7. The Balaban J connectivity index is 1.51. The molecule has 0 unspecified atom stereocenters. The van der Waals surface area contributed by atoms with Crippen LogP contribution in [0.3, 0.4) is 0 Å². The highest BCUT2D eigenvalue weighted by Crippen LogP contribution is 2.30. The summed E-state index contributed by atoms with van der Waals surface area (Å²) in [6, 6.07) is 20.3. The third-order valence-corrected chi connectivity index (χ3v) is 5.60. The maximum absolute atomic E-state index is 13.3. The summed E-state index contributed by atoms with van der Waals surface area (Å²) in [5.41, 5.74) is 5.25. The first-order valence-corrected chi connectivity index (χ1v) is 10.6.